The van der Waals surface area contributed by atoms with E-state index >= 15 is 0 Å². The molecule has 0 spiro atoms. The van der Waals surface area contributed by atoms with Gasteiger partial charge in [0.05, 0.1) is 6.10 Å². The van der Waals surface area contributed by atoms with E-state index in [2.05, 4.69) is 5.32 Å². The number of carbonyl (C=O) groups is 2. The van der Waals surface area contributed by atoms with Crippen LogP contribution in [0.2, 0.25) is 0 Å². The molecule has 0 aromatic carbocycles. The molecule has 6 nitrogen and oxygen atoms in total. The first-order chi connectivity index (χ1) is 8.49. The maximum atomic E-state index is 12.1. The summed E-state index contributed by atoms with van der Waals surface area (Å²) in [6.45, 7) is 4.06. The Balaban J connectivity index is 2.65. The first-order valence-electron chi connectivity index (χ1n) is 6.46. The second-order valence-corrected chi connectivity index (χ2v) is 4.70. The monoisotopic (exact) mass is 257 g/mol. The highest BCUT2D eigenvalue weighted by Crippen LogP contribution is 2.21. The maximum Gasteiger partial charge on any atom is 0.250 e. The van der Waals surface area contributed by atoms with E-state index in [4.69, 9.17) is 16.2 Å². The lowest BCUT2D eigenvalue weighted by Gasteiger charge is -2.30. The summed E-state index contributed by atoms with van der Waals surface area (Å²) in [4.78, 5) is 23.6. The van der Waals surface area contributed by atoms with Crippen LogP contribution in [-0.2, 0) is 14.3 Å². The SMILES string of the molecule is CCC(CC)(NC(=O)[C@@H]1CC[C@H](CN)O1)C(N)=O. The number of nitrogens with two attached hydrogens (primary N) is 2. The van der Waals surface area contributed by atoms with E-state index in [0.29, 0.717) is 25.8 Å². The molecular formula is C12H23N3O3. The van der Waals surface area contributed by atoms with Gasteiger partial charge in [-0.2, -0.15) is 0 Å². The van der Waals surface area contributed by atoms with Crippen molar-refractivity contribution in [1.29, 1.82) is 0 Å². The van der Waals surface area contributed by atoms with Gasteiger partial charge in [-0.15, -0.1) is 0 Å². The molecule has 1 saturated heterocycles. The van der Waals surface area contributed by atoms with Crippen LogP contribution in [0.1, 0.15) is 39.5 Å². The summed E-state index contributed by atoms with van der Waals surface area (Å²) < 4.78 is 5.50. The second-order valence-electron chi connectivity index (χ2n) is 4.70. The number of amides is 2. The molecule has 0 aromatic heterocycles. The van der Waals surface area contributed by atoms with Crippen molar-refractivity contribution in [2.75, 3.05) is 6.54 Å². The number of primary amides is 1. The average Bonchev–Trinajstić information content (AvgIpc) is 2.84. The van der Waals surface area contributed by atoms with Crippen LogP contribution in [0, 0.1) is 0 Å². The largest absolute Gasteiger partial charge is 0.368 e. The van der Waals surface area contributed by atoms with E-state index in [1.165, 1.54) is 0 Å². The normalized spacial score (nSPS) is 23.9. The van der Waals surface area contributed by atoms with Crippen molar-refractivity contribution in [2.45, 2.75) is 57.3 Å². The van der Waals surface area contributed by atoms with Crippen molar-refractivity contribution in [2.24, 2.45) is 11.5 Å². The van der Waals surface area contributed by atoms with Gasteiger partial charge in [0, 0.05) is 6.54 Å². The number of hydrogen-bond donors (Lipinski definition) is 3. The molecule has 0 bridgehead atoms. The third-order valence-corrected chi connectivity index (χ3v) is 3.70. The summed E-state index contributed by atoms with van der Waals surface area (Å²) in [5.41, 5.74) is 9.90. The minimum atomic E-state index is -0.971. The van der Waals surface area contributed by atoms with E-state index < -0.39 is 17.6 Å². The van der Waals surface area contributed by atoms with Crippen LogP contribution in [0.15, 0.2) is 0 Å². The molecule has 0 unspecified atom stereocenters. The molecule has 1 aliphatic heterocycles. The number of rotatable bonds is 6. The van der Waals surface area contributed by atoms with Crippen LogP contribution in [0.3, 0.4) is 0 Å². The van der Waals surface area contributed by atoms with Crippen LogP contribution in [0.5, 0.6) is 0 Å². The quantitative estimate of drug-likeness (QED) is 0.604. The molecule has 6 heteroatoms. The van der Waals surface area contributed by atoms with Gasteiger partial charge in [-0.3, -0.25) is 9.59 Å². The van der Waals surface area contributed by atoms with Gasteiger partial charge in [0.2, 0.25) is 11.8 Å². The Morgan fingerprint density at radius 1 is 1.33 bits per heavy atom. The Morgan fingerprint density at radius 2 is 1.94 bits per heavy atom. The van der Waals surface area contributed by atoms with E-state index in [1.54, 1.807) is 0 Å². The zero-order valence-corrected chi connectivity index (χ0v) is 11.1. The molecule has 0 saturated carbocycles. The molecule has 1 heterocycles. The van der Waals surface area contributed by atoms with Crippen LogP contribution in [0.25, 0.3) is 0 Å². The molecular weight excluding hydrogens is 234 g/mol. The lowest BCUT2D eigenvalue weighted by atomic mass is 9.91. The summed E-state index contributed by atoms with van der Waals surface area (Å²) in [5, 5.41) is 2.74. The molecule has 0 aliphatic carbocycles. The first-order valence-corrected chi connectivity index (χ1v) is 6.46. The minimum Gasteiger partial charge on any atom is -0.368 e. The molecule has 1 aliphatic rings. The summed E-state index contributed by atoms with van der Waals surface area (Å²) in [5.74, 6) is -0.775. The third-order valence-electron chi connectivity index (χ3n) is 3.70. The Labute approximate surface area is 107 Å². The van der Waals surface area contributed by atoms with Crippen molar-refractivity contribution in [3.63, 3.8) is 0 Å². The van der Waals surface area contributed by atoms with Crippen molar-refractivity contribution in [1.82, 2.24) is 5.32 Å². The van der Waals surface area contributed by atoms with Crippen molar-refractivity contribution < 1.29 is 14.3 Å². The summed E-state index contributed by atoms with van der Waals surface area (Å²) in [6, 6.07) is 0. The predicted octanol–water partition coefficient (Wildman–Crippen LogP) is -0.347. The molecule has 2 atom stereocenters. The molecule has 1 rings (SSSR count). The molecule has 2 amide bonds. The maximum absolute atomic E-state index is 12.1. The Bertz CT molecular complexity index is 316. The second kappa shape index (κ2) is 6.15. The summed E-state index contributed by atoms with van der Waals surface area (Å²) in [7, 11) is 0. The van der Waals surface area contributed by atoms with Crippen LogP contribution in [0.4, 0.5) is 0 Å². The van der Waals surface area contributed by atoms with Gasteiger partial charge in [0.15, 0.2) is 0 Å². The molecule has 1 fully saturated rings. The highest BCUT2D eigenvalue weighted by atomic mass is 16.5. The van der Waals surface area contributed by atoms with Gasteiger partial charge in [-0.05, 0) is 25.7 Å². The van der Waals surface area contributed by atoms with Crippen molar-refractivity contribution in [3.05, 3.63) is 0 Å². The summed E-state index contributed by atoms with van der Waals surface area (Å²) >= 11 is 0. The van der Waals surface area contributed by atoms with Gasteiger partial charge in [-0.25, -0.2) is 0 Å². The topological polar surface area (TPSA) is 107 Å². The van der Waals surface area contributed by atoms with Crippen molar-refractivity contribution >= 4 is 11.8 Å². The standard InChI is InChI=1S/C12H23N3O3/c1-3-12(4-2,11(14)17)15-10(16)9-6-5-8(7-13)18-9/h8-9H,3-7,13H2,1-2H3,(H2,14,17)(H,15,16)/t8-,9+/m1/s1. The molecule has 0 radical (unpaired) electrons. The smallest absolute Gasteiger partial charge is 0.250 e. The Morgan fingerprint density at radius 3 is 2.33 bits per heavy atom. The number of nitrogens with one attached hydrogen (secondary N) is 1. The lowest BCUT2D eigenvalue weighted by Crippen LogP contribution is -2.58. The predicted molar refractivity (Wildman–Crippen MR) is 67.6 cm³/mol. The number of ether oxygens (including phenoxy) is 1. The lowest BCUT2D eigenvalue weighted by molar-refractivity contribution is -0.138. The van der Waals surface area contributed by atoms with Crippen molar-refractivity contribution in [3.8, 4) is 0 Å². The zero-order valence-electron chi connectivity index (χ0n) is 11.1. The number of carbonyl (C=O) groups excluding carboxylic acids is 2. The van der Waals surface area contributed by atoms with Gasteiger partial charge >= 0.3 is 0 Å². The fourth-order valence-electron chi connectivity index (χ4n) is 2.23. The van der Waals surface area contributed by atoms with Gasteiger partial charge in [0.25, 0.3) is 0 Å². The zero-order chi connectivity index (χ0) is 13.8. The van der Waals surface area contributed by atoms with Gasteiger partial charge in [0.1, 0.15) is 11.6 Å². The van der Waals surface area contributed by atoms with E-state index in [0.717, 1.165) is 6.42 Å². The first kappa shape index (κ1) is 14.9. The van der Waals surface area contributed by atoms with Gasteiger partial charge < -0.3 is 21.5 Å². The Hall–Kier alpha value is -1.14. The van der Waals surface area contributed by atoms with Crippen LogP contribution in [-0.4, -0.2) is 36.1 Å². The minimum absolute atomic E-state index is 0.0630. The molecule has 5 N–H and O–H groups in total. The number of hydrogen-bond acceptors (Lipinski definition) is 4. The highest BCUT2D eigenvalue weighted by molar-refractivity contribution is 5.91. The fraction of sp³-hybridized carbons (Fsp3) is 0.833. The fourth-order valence-corrected chi connectivity index (χ4v) is 2.23. The van der Waals surface area contributed by atoms with Gasteiger partial charge in [-0.1, -0.05) is 13.8 Å². The molecule has 0 aromatic rings. The summed E-state index contributed by atoms with van der Waals surface area (Å²) in [6.07, 6.45) is 1.77. The van der Waals surface area contributed by atoms with E-state index in [9.17, 15) is 9.59 Å². The molecule has 18 heavy (non-hydrogen) atoms. The third kappa shape index (κ3) is 3.00. The highest BCUT2D eigenvalue weighted by Gasteiger charge is 2.38. The van der Waals surface area contributed by atoms with E-state index in [-0.39, 0.29) is 12.0 Å². The van der Waals surface area contributed by atoms with Crippen LogP contribution >= 0.6 is 0 Å². The Kier molecular flexibility index (Phi) is 5.10. The van der Waals surface area contributed by atoms with Crippen LogP contribution < -0.4 is 16.8 Å². The molecule has 104 valence electrons. The van der Waals surface area contributed by atoms with E-state index in [1.807, 2.05) is 13.8 Å². The average molecular weight is 257 g/mol.